The molecule has 0 spiro atoms. The van der Waals surface area contributed by atoms with Crippen LogP contribution in [0.2, 0.25) is 5.02 Å². The number of ketones is 1. The van der Waals surface area contributed by atoms with Crippen molar-refractivity contribution < 1.29 is 17.9 Å². The third-order valence-corrected chi connectivity index (χ3v) is 10.5. The van der Waals surface area contributed by atoms with Gasteiger partial charge in [0.25, 0.3) is 0 Å². The van der Waals surface area contributed by atoms with E-state index < -0.39 is 19.3 Å². The zero-order valence-electron chi connectivity index (χ0n) is 21.2. The first-order chi connectivity index (χ1) is 17.4. The van der Waals surface area contributed by atoms with Gasteiger partial charge in [0, 0.05) is 23.1 Å². The number of hydrogen-bond acceptors (Lipinski definition) is 7. The van der Waals surface area contributed by atoms with Crippen molar-refractivity contribution in [3.05, 3.63) is 71.0 Å². The molecule has 2 heterocycles. The minimum atomic E-state index is -3.32. The zero-order valence-corrected chi connectivity index (χ0v) is 22.7. The van der Waals surface area contributed by atoms with Crippen LogP contribution in [-0.4, -0.2) is 33.9 Å². The van der Waals surface area contributed by atoms with E-state index in [2.05, 4.69) is 16.3 Å². The molecule has 7 nitrogen and oxygen atoms in total. The SMILES string of the molecule is CC1(C)CC(CC(=O)c2ccc(Oc3cccc(-c4ccnnc4)c3C#N)c(Cl)c2)CC(C)(C)S1(=O)=O. The lowest BCUT2D eigenvalue weighted by molar-refractivity contribution is 0.0947. The van der Waals surface area contributed by atoms with Gasteiger partial charge in [0.1, 0.15) is 23.1 Å². The van der Waals surface area contributed by atoms with Gasteiger partial charge in [-0.1, -0.05) is 23.7 Å². The van der Waals surface area contributed by atoms with Crippen molar-refractivity contribution in [2.75, 3.05) is 0 Å². The van der Waals surface area contributed by atoms with Crippen molar-refractivity contribution in [2.45, 2.75) is 56.5 Å². The van der Waals surface area contributed by atoms with Gasteiger partial charge in [-0.2, -0.15) is 15.5 Å². The van der Waals surface area contributed by atoms with E-state index >= 15 is 0 Å². The molecule has 1 saturated heterocycles. The molecule has 0 radical (unpaired) electrons. The van der Waals surface area contributed by atoms with Gasteiger partial charge in [0.15, 0.2) is 15.6 Å². The highest BCUT2D eigenvalue weighted by atomic mass is 35.5. The molecule has 2 aromatic carbocycles. The van der Waals surface area contributed by atoms with Crippen molar-refractivity contribution in [2.24, 2.45) is 5.92 Å². The number of nitrogens with zero attached hydrogens (tertiary/aromatic N) is 3. The molecule has 37 heavy (non-hydrogen) atoms. The number of ether oxygens (including phenoxy) is 1. The highest BCUT2D eigenvalue weighted by Gasteiger charge is 2.52. The number of carbonyl (C=O) groups excluding carboxylic acids is 1. The molecule has 0 unspecified atom stereocenters. The topological polar surface area (TPSA) is 110 Å². The average Bonchev–Trinajstić information content (AvgIpc) is 2.84. The quantitative estimate of drug-likeness (QED) is 0.334. The fourth-order valence-electron chi connectivity index (χ4n) is 5.25. The van der Waals surface area contributed by atoms with Crippen LogP contribution in [-0.2, 0) is 9.84 Å². The van der Waals surface area contributed by atoms with Gasteiger partial charge in [-0.15, -0.1) is 0 Å². The lowest BCUT2D eigenvalue weighted by Crippen LogP contribution is -2.52. The summed E-state index contributed by atoms with van der Waals surface area (Å²) in [5.74, 6) is 0.477. The van der Waals surface area contributed by atoms with Gasteiger partial charge in [-0.05, 0) is 76.8 Å². The Hall–Kier alpha value is -3.28. The molecule has 0 saturated carbocycles. The molecule has 3 aromatic rings. The first-order valence-corrected chi connectivity index (χ1v) is 13.8. The van der Waals surface area contributed by atoms with Gasteiger partial charge in [-0.25, -0.2) is 8.42 Å². The van der Waals surface area contributed by atoms with E-state index in [9.17, 15) is 18.5 Å². The smallest absolute Gasteiger partial charge is 0.163 e. The minimum absolute atomic E-state index is 0.0562. The van der Waals surface area contributed by atoms with E-state index in [1.807, 2.05) is 0 Å². The van der Waals surface area contributed by atoms with Crippen molar-refractivity contribution in [1.29, 1.82) is 5.26 Å². The molecule has 1 fully saturated rings. The van der Waals surface area contributed by atoms with Crippen LogP contribution < -0.4 is 4.74 Å². The molecule has 0 bridgehead atoms. The number of nitriles is 1. The highest BCUT2D eigenvalue weighted by molar-refractivity contribution is 7.94. The molecule has 0 aliphatic carbocycles. The molecule has 1 aromatic heterocycles. The first kappa shape index (κ1) is 26.8. The van der Waals surface area contributed by atoms with Crippen molar-refractivity contribution >= 4 is 27.2 Å². The van der Waals surface area contributed by atoms with Crippen molar-refractivity contribution in [3.8, 4) is 28.7 Å². The van der Waals surface area contributed by atoms with Crippen LogP contribution in [0.5, 0.6) is 11.5 Å². The van der Waals surface area contributed by atoms with Crippen LogP contribution in [0.4, 0.5) is 0 Å². The van der Waals surface area contributed by atoms with Crippen LogP contribution in [0.15, 0.2) is 54.9 Å². The summed E-state index contributed by atoms with van der Waals surface area (Å²) >= 11 is 6.49. The number of aromatic nitrogens is 2. The predicted molar refractivity (Wildman–Crippen MR) is 142 cm³/mol. The van der Waals surface area contributed by atoms with Crippen molar-refractivity contribution in [3.63, 3.8) is 0 Å². The number of Topliss-reactive ketones (excluding diaryl/α,β-unsaturated/α-hetero) is 1. The van der Waals surface area contributed by atoms with Crippen LogP contribution in [0.25, 0.3) is 11.1 Å². The molecule has 9 heteroatoms. The third-order valence-electron chi connectivity index (χ3n) is 7.00. The van der Waals surface area contributed by atoms with E-state index in [0.717, 1.165) is 5.56 Å². The second-order valence-corrected chi connectivity index (χ2v) is 14.2. The largest absolute Gasteiger partial charge is 0.454 e. The summed E-state index contributed by atoms with van der Waals surface area (Å²) in [4.78, 5) is 13.1. The molecule has 1 aliphatic heterocycles. The van der Waals surface area contributed by atoms with E-state index in [0.29, 0.717) is 41.0 Å². The summed E-state index contributed by atoms with van der Waals surface area (Å²) in [5, 5.41) is 17.7. The van der Waals surface area contributed by atoms with Crippen LogP contribution in [0.1, 0.15) is 62.9 Å². The molecule has 0 atom stereocenters. The fourth-order valence-corrected chi connectivity index (χ4v) is 7.88. The molecule has 1 aliphatic rings. The summed E-state index contributed by atoms with van der Waals surface area (Å²) in [6.45, 7) is 6.94. The van der Waals surface area contributed by atoms with E-state index in [1.54, 1.807) is 82.6 Å². The normalized spacial score (nSPS) is 18.1. The van der Waals surface area contributed by atoms with Gasteiger partial charge in [-0.3, -0.25) is 4.79 Å². The Balaban J connectivity index is 1.54. The molecule has 0 N–H and O–H groups in total. The summed E-state index contributed by atoms with van der Waals surface area (Å²) in [5.41, 5.74) is 2.13. The Labute approximate surface area is 222 Å². The van der Waals surface area contributed by atoms with Crippen LogP contribution >= 0.6 is 11.6 Å². The van der Waals surface area contributed by atoms with Crippen molar-refractivity contribution in [1.82, 2.24) is 10.2 Å². The summed E-state index contributed by atoms with van der Waals surface area (Å²) in [6.07, 6.45) is 4.21. The average molecular weight is 538 g/mol. The molecular formula is C28H28ClN3O4S. The lowest BCUT2D eigenvalue weighted by atomic mass is 9.83. The second-order valence-electron chi connectivity index (χ2n) is 10.6. The van der Waals surface area contributed by atoms with Gasteiger partial charge in [0.05, 0.1) is 26.9 Å². The van der Waals surface area contributed by atoms with Gasteiger partial charge < -0.3 is 4.74 Å². The predicted octanol–water partition coefficient (Wildman–Crippen LogP) is 6.42. The number of hydrogen-bond donors (Lipinski definition) is 0. The maximum Gasteiger partial charge on any atom is 0.163 e. The summed E-state index contributed by atoms with van der Waals surface area (Å²) in [7, 11) is -3.32. The van der Waals surface area contributed by atoms with E-state index in [4.69, 9.17) is 16.3 Å². The number of carbonyl (C=O) groups is 1. The number of benzene rings is 2. The van der Waals surface area contributed by atoms with E-state index in [-0.39, 0.29) is 23.1 Å². The maximum absolute atomic E-state index is 13.1. The van der Waals surface area contributed by atoms with Crippen LogP contribution in [0, 0.1) is 17.2 Å². The Morgan fingerprint density at radius 2 is 1.78 bits per heavy atom. The third kappa shape index (κ3) is 5.11. The Kier molecular flexibility index (Phi) is 7.15. The monoisotopic (exact) mass is 537 g/mol. The lowest BCUT2D eigenvalue weighted by Gasteiger charge is -2.44. The number of halogens is 1. The first-order valence-electron chi connectivity index (χ1n) is 11.9. The van der Waals surface area contributed by atoms with E-state index in [1.165, 1.54) is 0 Å². The molecule has 4 rings (SSSR count). The second kappa shape index (κ2) is 9.88. The molecular weight excluding hydrogens is 510 g/mol. The highest BCUT2D eigenvalue weighted by Crippen LogP contribution is 2.45. The summed E-state index contributed by atoms with van der Waals surface area (Å²) < 4.78 is 30.0. The standard InChI is InChI=1S/C28H28ClN3O4S/c1-27(2)14-18(15-28(3,4)37(27,34)35)12-24(33)19-8-9-26(23(29)13-19)36-25-7-5-6-21(22(25)16-30)20-10-11-31-32-17-20/h5-11,13,17-18H,12,14-15H2,1-4H3. The number of sulfone groups is 1. The van der Waals surface area contributed by atoms with Gasteiger partial charge >= 0.3 is 0 Å². The fraction of sp³-hybridized carbons (Fsp3) is 0.357. The van der Waals surface area contributed by atoms with Crippen LogP contribution in [0.3, 0.4) is 0 Å². The Morgan fingerprint density at radius 3 is 2.38 bits per heavy atom. The Morgan fingerprint density at radius 1 is 1.08 bits per heavy atom. The molecule has 0 amide bonds. The van der Waals surface area contributed by atoms with Gasteiger partial charge in [0.2, 0.25) is 0 Å². The molecule has 192 valence electrons. The summed E-state index contributed by atoms with van der Waals surface area (Å²) in [6, 6.07) is 14.0. The Bertz CT molecular complexity index is 1470. The maximum atomic E-state index is 13.1. The zero-order chi connectivity index (χ0) is 27.0. The number of rotatable bonds is 6. The minimum Gasteiger partial charge on any atom is -0.454 e.